The van der Waals surface area contributed by atoms with Gasteiger partial charge < -0.3 is 10.4 Å². The molecule has 0 radical (unpaired) electrons. The van der Waals surface area contributed by atoms with Gasteiger partial charge in [-0.1, -0.05) is 13.0 Å². The number of carboxylic acids is 1. The van der Waals surface area contributed by atoms with Crippen LogP contribution in [0.1, 0.15) is 28.6 Å². The summed E-state index contributed by atoms with van der Waals surface area (Å²) in [5.74, 6) is -1.68. The number of hydrogen-bond donors (Lipinski definition) is 3. The van der Waals surface area contributed by atoms with Crippen LogP contribution in [-0.4, -0.2) is 31.4 Å². The van der Waals surface area contributed by atoms with Crippen LogP contribution in [0.25, 0.3) is 0 Å². The van der Waals surface area contributed by atoms with E-state index in [1.807, 2.05) is 17.5 Å². The molecule has 0 spiro atoms. The summed E-state index contributed by atoms with van der Waals surface area (Å²) < 4.78 is 27.0. The van der Waals surface area contributed by atoms with Crippen molar-refractivity contribution in [3.05, 3.63) is 52.2 Å². The third-order valence-electron chi connectivity index (χ3n) is 3.45. The Morgan fingerprint density at radius 1 is 1.20 bits per heavy atom. The van der Waals surface area contributed by atoms with Crippen molar-refractivity contribution in [2.45, 2.75) is 30.8 Å². The zero-order valence-corrected chi connectivity index (χ0v) is 15.1. The lowest BCUT2D eigenvalue weighted by atomic mass is 10.1. The van der Waals surface area contributed by atoms with E-state index in [9.17, 15) is 18.0 Å². The number of carbonyl (C=O) groups is 2. The maximum Gasteiger partial charge on any atom is 0.326 e. The number of rotatable bonds is 8. The molecular weight excluding hydrogens is 364 g/mol. The van der Waals surface area contributed by atoms with Crippen molar-refractivity contribution in [2.24, 2.45) is 0 Å². The molecular formula is C16H18N2O5S2. The molecule has 1 amide bonds. The average Bonchev–Trinajstić information content (AvgIpc) is 3.11. The molecule has 134 valence electrons. The van der Waals surface area contributed by atoms with Gasteiger partial charge in [-0.2, -0.15) is 0 Å². The Morgan fingerprint density at radius 3 is 2.40 bits per heavy atom. The largest absolute Gasteiger partial charge is 0.480 e. The second-order valence-corrected chi connectivity index (χ2v) is 8.00. The van der Waals surface area contributed by atoms with Crippen LogP contribution in [-0.2, 0) is 21.4 Å². The van der Waals surface area contributed by atoms with E-state index in [0.29, 0.717) is 0 Å². The van der Waals surface area contributed by atoms with Gasteiger partial charge in [0.1, 0.15) is 6.04 Å². The third-order valence-corrected chi connectivity index (χ3v) is 5.75. The topological polar surface area (TPSA) is 113 Å². The molecule has 0 saturated heterocycles. The zero-order chi connectivity index (χ0) is 18.4. The fraction of sp³-hybridized carbons (Fsp3) is 0.250. The van der Waals surface area contributed by atoms with Crippen molar-refractivity contribution in [3.8, 4) is 0 Å². The van der Waals surface area contributed by atoms with E-state index in [1.54, 1.807) is 6.92 Å². The van der Waals surface area contributed by atoms with Gasteiger partial charge in [-0.25, -0.2) is 17.9 Å². The number of aliphatic carboxylic acids is 1. The van der Waals surface area contributed by atoms with Crippen LogP contribution in [0.4, 0.5) is 0 Å². The molecule has 7 nitrogen and oxygen atoms in total. The maximum atomic E-state index is 12.2. The third kappa shape index (κ3) is 5.12. The van der Waals surface area contributed by atoms with E-state index < -0.39 is 27.9 Å². The number of nitrogens with one attached hydrogen (secondary N) is 2. The predicted molar refractivity (Wildman–Crippen MR) is 94.0 cm³/mol. The van der Waals surface area contributed by atoms with Crippen molar-refractivity contribution in [2.75, 3.05) is 0 Å². The molecule has 2 rings (SSSR count). The predicted octanol–water partition coefficient (Wildman–Crippen LogP) is 1.82. The summed E-state index contributed by atoms with van der Waals surface area (Å²) >= 11 is 1.45. The molecule has 0 saturated carbocycles. The van der Waals surface area contributed by atoms with Crippen LogP contribution in [0.2, 0.25) is 0 Å². The summed E-state index contributed by atoms with van der Waals surface area (Å²) in [4.78, 5) is 23.9. The van der Waals surface area contributed by atoms with Gasteiger partial charge in [-0.15, -0.1) is 11.3 Å². The highest BCUT2D eigenvalue weighted by molar-refractivity contribution is 7.89. The molecule has 1 unspecified atom stereocenters. The summed E-state index contributed by atoms with van der Waals surface area (Å²) in [6, 6.07) is 8.01. The minimum absolute atomic E-state index is 0.0332. The van der Waals surface area contributed by atoms with Crippen LogP contribution >= 0.6 is 11.3 Å². The molecule has 0 aliphatic heterocycles. The van der Waals surface area contributed by atoms with Crippen molar-refractivity contribution in [1.82, 2.24) is 10.0 Å². The van der Waals surface area contributed by atoms with Crippen molar-refractivity contribution in [3.63, 3.8) is 0 Å². The van der Waals surface area contributed by atoms with Crippen LogP contribution in [0.5, 0.6) is 0 Å². The molecule has 3 N–H and O–H groups in total. The first kappa shape index (κ1) is 19.1. The Bertz CT molecular complexity index is 830. The second-order valence-electron chi connectivity index (χ2n) is 5.20. The molecule has 1 atom stereocenters. The highest BCUT2D eigenvalue weighted by Gasteiger charge is 2.19. The molecule has 1 heterocycles. The number of thiophene rings is 1. The monoisotopic (exact) mass is 382 g/mol. The molecule has 25 heavy (non-hydrogen) atoms. The van der Waals surface area contributed by atoms with Gasteiger partial charge in [0.2, 0.25) is 10.0 Å². The lowest BCUT2D eigenvalue weighted by molar-refractivity contribution is -0.139. The van der Waals surface area contributed by atoms with Crippen molar-refractivity contribution < 1.29 is 23.1 Å². The molecule has 0 fully saturated rings. The molecule has 9 heteroatoms. The van der Waals surface area contributed by atoms with Gasteiger partial charge in [0.15, 0.2) is 0 Å². The van der Waals surface area contributed by atoms with E-state index in [-0.39, 0.29) is 23.4 Å². The first-order chi connectivity index (χ1) is 11.8. The van der Waals surface area contributed by atoms with Gasteiger partial charge in [0.05, 0.1) is 4.90 Å². The number of hydrogen-bond acceptors (Lipinski definition) is 5. The molecule has 0 aliphatic carbocycles. The molecule has 0 aliphatic rings. The molecule has 1 aromatic heterocycles. The Morgan fingerprint density at radius 2 is 1.88 bits per heavy atom. The van der Waals surface area contributed by atoms with Crippen molar-refractivity contribution in [1.29, 1.82) is 0 Å². The summed E-state index contributed by atoms with van der Waals surface area (Å²) in [5, 5.41) is 13.2. The maximum absolute atomic E-state index is 12.2. The summed E-state index contributed by atoms with van der Waals surface area (Å²) in [5.41, 5.74) is 0.192. The van der Waals surface area contributed by atoms with Crippen LogP contribution in [0, 0.1) is 0 Å². The number of carboxylic acid groups (broad SMARTS) is 1. The molecule has 2 aromatic rings. The smallest absolute Gasteiger partial charge is 0.326 e. The first-order valence-corrected chi connectivity index (χ1v) is 9.85. The van der Waals surface area contributed by atoms with E-state index in [2.05, 4.69) is 10.0 Å². The van der Waals surface area contributed by atoms with Crippen LogP contribution in [0.15, 0.2) is 46.7 Å². The van der Waals surface area contributed by atoms with Crippen LogP contribution < -0.4 is 10.0 Å². The highest BCUT2D eigenvalue weighted by atomic mass is 32.2. The van der Waals surface area contributed by atoms with Gasteiger partial charge in [-0.05, 0) is 42.1 Å². The van der Waals surface area contributed by atoms with E-state index in [1.165, 1.54) is 35.6 Å². The molecule has 1 aromatic carbocycles. The van der Waals surface area contributed by atoms with Crippen LogP contribution in [0.3, 0.4) is 0 Å². The molecule has 0 bridgehead atoms. The first-order valence-electron chi connectivity index (χ1n) is 7.49. The van der Waals surface area contributed by atoms with Gasteiger partial charge in [0.25, 0.3) is 5.91 Å². The average molecular weight is 382 g/mol. The summed E-state index contributed by atoms with van der Waals surface area (Å²) in [7, 11) is -3.69. The quantitative estimate of drug-likeness (QED) is 0.645. The van der Waals surface area contributed by atoms with E-state index in [0.717, 1.165) is 4.88 Å². The van der Waals surface area contributed by atoms with Gasteiger partial charge >= 0.3 is 5.97 Å². The number of amides is 1. The zero-order valence-electron chi connectivity index (χ0n) is 13.4. The lowest BCUT2D eigenvalue weighted by Crippen LogP contribution is -2.40. The van der Waals surface area contributed by atoms with Crippen molar-refractivity contribution >= 4 is 33.2 Å². The minimum atomic E-state index is -3.69. The number of sulfonamides is 1. The van der Waals surface area contributed by atoms with Gasteiger partial charge in [-0.3, -0.25) is 4.79 Å². The number of carbonyl (C=O) groups excluding carboxylic acids is 1. The second kappa shape index (κ2) is 8.24. The minimum Gasteiger partial charge on any atom is -0.480 e. The van der Waals surface area contributed by atoms with E-state index in [4.69, 9.17) is 5.11 Å². The Hall–Kier alpha value is -2.23. The fourth-order valence-electron chi connectivity index (χ4n) is 2.03. The Balaban J connectivity index is 2.05. The SMILES string of the molecule is CCC(NC(=O)c1ccc(S(=O)(=O)NCc2cccs2)cc1)C(=O)O. The lowest BCUT2D eigenvalue weighted by Gasteiger charge is -2.12. The van der Waals surface area contributed by atoms with Gasteiger partial charge in [0, 0.05) is 17.0 Å². The highest BCUT2D eigenvalue weighted by Crippen LogP contribution is 2.13. The van der Waals surface area contributed by atoms with E-state index >= 15 is 0 Å². The summed E-state index contributed by atoms with van der Waals surface area (Å²) in [6.07, 6.45) is 0.250. The fourth-order valence-corrected chi connectivity index (χ4v) is 3.77. The Labute approximate surface area is 149 Å². The summed E-state index contributed by atoms with van der Waals surface area (Å²) in [6.45, 7) is 1.84. The number of benzene rings is 1. The standard InChI is InChI=1S/C16H18N2O5S2/c1-2-14(16(20)21)18-15(19)11-5-7-13(8-6-11)25(22,23)17-10-12-4-3-9-24-12/h3-9,14,17H,2,10H2,1H3,(H,18,19)(H,20,21). The normalized spacial score (nSPS) is 12.5. The Kier molecular flexibility index (Phi) is 6.29.